The number of anilines is 1. The summed E-state index contributed by atoms with van der Waals surface area (Å²) in [7, 11) is -3.83. The van der Waals surface area contributed by atoms with E-state index in [1.54, 1.807) is 11.5 Å². The predicted octanol–water partition coefficient (Wildman–Crippen LogP) is 3.89. The molecule has 0 atom stereocenters. The van der Waals surface area contributed by atoms with Crippen LogP contribution in [0.15, 0.2) is 64.6 Å². The number of primary sulfonamides is 1. The molecule has 11 heteroatoms. The molecule has 34 heavy (non-hydrogen) atoms. The van der Waals surface area contributed by atoms with Crippen molar-refractivity contribution in [3.8, 4) is 5.69 Å². The number of nitrogens with two attached hydrogens (primary N) is 1. The lowest BCUT2D eigenvalue weighted by molar-refractivity contribution is -0.113. The van der Waals surface area contributed by atoms with Gasteiger partial charge in [-0.2, -0.15) is 0 Å². The molecule has 0 aliphatic heterocycles. The molecule has 0 aliphatic carbocycles. The predicted molar refractivity (Wildman–Crippen MR) is 130 cm³/mol. The van der Waals surface area contributed by atoms with Crippen LogP contribution in [0, 0.1) is 13.8 Å². The van der Waals surface area contributed by atoms with Gasteiger partial charge in [-0.15, -0.1) is 10.2 Å². The fourth-order valence-corrected chi connectivity index (χ4v) is 4.98. The van der Waals surface area contributed by atoms with Crippen molar-refractivity contribution in [1.82, 2.24) is 14.8 Å². The Morgan fingerprint density at radius 1 is 1.06 bits per heavy atom. The van der Waals surface area contributed by atoms with Gasteiger partial charge in [0.25, 0.3) is 0 Å². The van der Waals surface area contributed by atoms with Crippen LogP contribution >= 0.6 is 11.8 Å². The van der Waals surface area contributed by atoms with Gasteiger partial charge in [0, 0.05) is 11.1 Å². The minimum atomic E-state index is -3.83. The number of aryl methyl sites for hydroxylation is 2. The van der Waals surface area contributed by atoms with Crippen LogP contribution < -0.4 is 10.5 Å². The van der Waals surface area contributed by atoms with Crippen LogP contribution in [0.5, 0.6) is 0 Å². The number of fused-ring (bicyclic) bond motifs is 1. The summed E-state index contributed by atoms with van der Waals surface area (Å²) in [5.74, 6) is -0.196. The van der Waals surface area contributed by atoms with E-state index in [1.165, 1.54) is 18.2 Å². The highest BCUT2D eigenvalue weighted by atomic mass is 32.2. The topological polar surface area (TPSA) is 120 Å². The van der Waals surface area contributed by atoms with Crippen LogP contribution in [0.2, 0.25) is 0 Å². The van der Waals surface area contributed by atoms with E-state index < -0.39 is 16.7 Å². The fraction of sp³-hybridized carbons (Fsp3) is 0.174. The van der Waals surface area contributed by atoms with E-state index in [1.807, 2.05) is 43.3 Å². The summed E-state index contributed by atoms with van der Waals surface area (Å²) >= 11 is 1.13. The number of nitrogens with one attached hydrogen (secondary N) is 1. The monoisotopic (exact) mass is 499 g/mol. The van der Waals surface area contributed by atoms with Crippen LogP contribution in [0.4, 0.5) is 10.1 Å². The maximum atomic E-state index is 13.7. The Bertz CT molecular complexity index is 1500. The zero-order valence-corrected chi connectivity index (χ0v) is 20.1. The zero-order chi connectivity index (χ0) is 24.5. The summed E-state index contributed by atoms with van der Waals surface area (Å²) in [5, 5.41) is 18.3. The minimum absolute atomic E-state index is 0.00933. The first-order chi connectivity index (χ1) is 16.2. The number of benzene rings is 3. The highest BCUT2D eigenvalue weighted by Crippen LogP contribution is 2.30. The van der Waals surface area contributed by atoms with Gasteiger partial charge in [-0.05, 0) is 54.6 Å². The first-order valence-electron chi connectivity index (χ1n) is 10.2. The highest BCUT2D eigenvalue weighted by Gasteiger charge is 2.18. The first-order valence-corrected chi connectivity index (χ1v) is 12.8. The number of halogens is 1. The van der Waals surface area contributed by atoms with Gasteiger partial charge in [-0.3, -0.25) is 9.36 Å². The molecular weight excluding hydrogens is 477 g/mol. The number of hydrogen-bond acceptors (Lipinski definition) is 6. The largest absolute Gasteiger partial charge is 0.325 e. The van der Waals surface area contributed by atoms with E-state index in [2.05, 4.69) is 15.5 Å². The molecule has 0 aliphatic rings. The Kier molecular flexibility index (Phi) is 6.69. The normalized spacial score (nSPS) is 11.6. The number of carbonyl (C=O) groups is 1. The molecule has 0 radical (unpaired) electrons. The van der Waals surface area contributed by atoms with Gasteiger partial charge in [0.2, 0.25) is 15.9 Å². The van der Waals surface area contributed by atoms with Gasteiger partial charge in [-0.25, -0.2) is 17.9 Å². The number of alkyl halides is 1. The van der Waals surface area contributed by atoms with E-state index >= 15 is 0 Å². The molecule has 3 N–H and O–H groups in total. The van der Waals surface area contributed by atoms with Crippen molar-refractivity contribution in [1.29, 1.82) is 0 Å². The van der Waals surface area contributed by atoms with E-state index in [0.717, 1.165) is 33.8 Å². The Morgan fingerprint density at radius 2 is 1.79 bits per heavy atom. The van der Waals surface area contributed by atoms with Crippen LogP contribution in [-0.4, -0.2) is 34.8 Å². The lowest BCUT2D eigenvalue weighted by Gasteiger charge is -2.13. The van der Waals surface area contributed by atoms with Gasteiger partial charge in [0.15, 0.2) is 11.0 Å². The van der Waals surface area contributed by atoms with Gasteiger partial charge in [0.05, 0.1) is 16.3 Å². The number of thioether (sulfide) groups is 1. The van der Waals surface area contributed by atoms with Crippen molar-refractivity contribution >= 4 is 44.2 Å². The molecule has 1 heterocycles. The van der Waals surface area contributed by atoms with Gasteiger partial charge in [-0.1, -0.05) is 42.1 Å². The van der Waals surface area contributed by atoms with E-state index in [4.69, 9.17) is 5.14 Å². The SMILES string of the molecule is Cc1cc(S(N)(=O)=O)ccc1NC(=O)CSc1nnc(CF)n1-c1ccc(C)c2ccccc12. The van der Waals surface area contributed by atoms with Crippen LogP contribution in [0.3, 0.4) is 0 Å². The van der Waals surface area contributed by atoms with Crippen LogP contribution in [0.25, 0.3) is 16.5 Å². The third-order valence-corrected chi connectivity index (χ3v) is 7.15. The van der Waals surface area contributed by atoms with E-state index in [9.17, 15) is 17.6 Å². The number of carbonyl (C=O) groups excluding carboxylic acids is 1. The van der Waals surface area contributed by atoms with Crippen LogP contribution in [0.1, 0.15) is 17.0 Å². The number of rotatable bonds is 7. The quantitative estimate of drug-likeness (QED) is 0.372. The average molecular weight is 500 g/mol. The smallest absolute Gasteiger partial charge is 0.238 e. The Morgan fingerprint density at radius 3 is 2.47 bits per heavy atom. The lowest BCUT2D eigenvalue weighted by atomic mass is 10.0. The molecule has 1 aromatic heterocycles. The molecule has 0 saturated carbocycles. The van der Waals surface area contributed by atoms with Crippen molar-refractivity contribution in [2.75, 3.05) is 11.1 Å². The van der Waals surface area contributed by atoms with Crippen molar-refractivity contribution in [3.63, 3.8) is 0 Å². The fourth-order valence-electron chi connectivity index (χ4n) is 3.62. The van der Waals surface area contributed by atoms with Crippen LogP contribution in [-0.2, 0) is 21.5 Å². The molecular formula is C23H22FN5O3S2. The van der Waals surface area contributed by atoms with E-state index in [-0.39, 0.29) is 22.4 Å². The Balaban J connectivity index is 1.57. The molecule has 0 saturated heterocycles. The Labute approximate surface area is 200 Å². The number of aromatic nitrogens is 3. The summed E-state index contributed by atoms with van der Waals surface area (Å²) in [6.45, 7) is 2.87. The maximum Gasteiger partial charge on any atom is 0.238 e. The van der Waals surface area contributed by atoms with Crippen molar-refractivity contribution in [3.05, 3.63) is 71.5 Å². The third kappa shape index (κ3) is 4.81. The number of amides is 1. The minimum Gasteiger partial charge on any atom is -0.325 e. The highest BCUT2D eigenvalue weighted by molar-refractivity contribution is 7.99. The second-order valence-corrected chi connectivity index (χ2v) is 10.2. The molecule has 1 amide bonds. The molecule has 4 aromatic rings. The summed E-state index contributed by atoms with van der Waals surface area (Å²) in [6.07, 6.45) is 0. The van der Waals surface area contributed by atoms with Gasteiger partial charge < -0.3 is 5.32 Å². The summed E-state index contributed by atoms with van der Waals surface area (Å²) in [5.41, 5.74) is 2.84. The van der Waals surface area contributed by atoms with Crippen molar-refractivity contribution in [2.24, 2.45) is 5.14 Å². The molecule has 4 rings (SSSR count). The van der Waals surface area contributed by atoms with Crippen molar-refractivity contribution < 1.29 is 17.6 Å². The zero-order valence-electron chi connectivity index (χ0n) is 18.4. The standard InChI is InChI=1S/C23H22FN5O3S2/c1-14-7-10-20(18-6-4-3-5-17(14)18)29-21(12-24)27-28-23(29)33-13-22(30)26-19-9-8-16(11-15(19)2)34(25,31)32/h3-11H,12-13H2,1-2H3,(H,26,30)(H2,25,31,32). The number of nitrogens with zero attached hydrogens (tertiary/aromatic N) is 3. The maximum absolute atomic E-state index is 13.7. The summed E-state index contributed by atoms with van der Waals surface area (Å²) in [4.78, 5) is 12.6. The summed E-state index contributed by atoms with van der Waals surface area (Å²) in [6, 6.07) is 15.9. The summed E-state index contributed by atoms with van der Waals surface area (Å²) < 4.78 is 38.4. The molecule has 0 fully saturated rings. The molecule has 3 aromatic carbocycles. The van der Waals surface area contributed by atoms with E-state index in [0.29, 0.717) is 16.4 Å². The second kappa shape index (κ2) is 9.53. The number of sulfonamides is 1. The molecule has 0 unspecified atom stereocenters. The number of hydrogen-bond donors (Lipinski definition) is 2. The third-order valence-electron chi connectivity index (χ3n) is 5.31. The molecule has 0 spiro atoms. The molecule has 0 bridgehead atoms. The first kappa shape index (κ1) is 23.9. The van der Waals surface area contributed by atoms with Gasteiger partial charge >= 0.3 is 0 Å². The molecule has 8 nitrogen and oxygen atoms in total. The molecule has 176 valence electrons. The van der Waals surface area contributed by atoms with Gasteiger partial charge in [0.1, 0.15) is 6.67 Å². The lowest BCUT2D eigenvalue weighted by Crippen LogP contribution is -2.16. The second-order valence-electron chi connectivity index (χ2n) is 7.67. The Hall–Kier alpha value is -3.28. The average Bonchev–Trinajstić information content (AvgIpc) is 3.21. The van der Waals surface area contributed by atoms with Crippen molar-refractivity contribution in [2.45, 2.75) is 30.6 Å².